The van der Waals surface area contributed by atoms with E-state index in [4.69, 9.17) is 0 Å². The fraction of sp³-hybridized carbons (Fsp3) is 0.704. The number of carbonyl (C=O) groups excluding carboxylic acids is 1. The molecule has 0 spiro atoms. The number of hydrogen-bond acceptors (Lipinski definition) is 2. The number of halogens is 1. The zero-order valence-electron chi connectivity index (χ0n) is 19.3. The van der Waals surface area contributed by atoms with Crippen LogP contribution in [0.25, 0.3) is 0 Å². The summed E-state index contributed by atoms with van der Waals surface area (Å²) in [4.78, 5) is 13.4. The van der Waals surface area contributed by atoms with Gasteiger partial charge in [-0.3, -0.25) is 4.79 Å². The highest BCUT2D eigenvalue weighted by molar-refractivity contribution is 5.81. The number of Topliss-reactive ketones (excluding diaryl/α,β-unsaturated/α-hetero) is 1. The Morgan fingerprint density at radius 1 is 1.16 bits per heavy atom. The van der Waals surface area contributed by atoms with Crippen LogP contribution >= 0.6 is 0 Å². The van der Waals surface area contributed by atoms with Crippen LogP contribution in [0.3, 0.4) is 0 Å². The van der Waals surface area contributed by atoms with Gasteiger partial charge >= 0.3 is 0 Å². The first-order valence-corrected chi connectivity index (χ1v) is 12.2. The zero-order valence-corrected chi connectivity index (χ0v) is 21.5. The summed E-state index contributed by atoms with van der Waals surface area (Å²) in [6.07, 6.45) is 15.3. The van der Waals surface area contributed by atoms with Gasteiger partial charge in [-0.2, -0.15) is 4.57 Å². The highest BCUT2D eigenvalue weighted by Gasteiger charge is 2.59. The topological polar surface area (TPSA) is 41.2 Å². The summed E-state index contributed by atoms with van der Waals surface area (Å²) in [7, 11) is 0. The van der Waals surface area contributed by atoms with E-state index in [0.29, 0.717) is 18.2 Å². The number of aromatic nitrogens is 1. The molecule has 1 aromatic heterocycles. The Bertz CT molecular complexity index is 882. The molecule has 1 N–H and O–H groups in total. The molecule has 3 saturated carbocycles. The van der Waals surface area contributed by atoms with Crippen LogP contribution in [0.1, 0.15) is 70.8 Å². The second kappa shape index (κ2) is 8.55. The number of aliphatic hydroxyl groups is 1. The SMILES string of the molecule is Cc1ccc[n+](CC(=O)[C@H]2CC[C@H]3[C@@H]4CC=C5C[C@@H](O)CC[C@]5(C)[C@H]4CC[C@]23C)c1.[I-]. The lowest BCUT2D eigenvalue weighted by Gasteiger charge is -2.57. The summed E-state index contributed by atoms with van der Waals surface area (Å²) in [6.45, 7) is 7.53. The van der Waals surface area contributed by atoms with Crippen molar-refractivity contribution in [2.24, 2.45) is 34.5 Å². The third-order valence-corrected chi connectivity index (χ3v) is 9.81. The van der Waals surface area contributed by atoms with Crippen molar-refractivity contribution in [3.8, 4) is 0 Å². The van der Waals surface area contributed by atoms with Crippen molar-refractivity contribution in [3.05, 3.63) is 41.7 Å². The van der Waals surface area contributed by atoms with Gasteiger partial charge in [0, 0.05) is 17.5 Å². The molecule has 0 amide bonds. The largest absolute Gasteiger partial charge is 1.00 e. The molecule has 31 heavy (non-hydrogen) atoms. The number of carbonyl (C=O) groups is 1. The highest BCUT2D eigenvalue weighted by atomic mass is 127. The Labute approximate surface area is 204 Å². The molecule has 170 valence electrons. The van der Waals surface area contributed by atoms with Crippen LogP contribution in [0.4, 0.5) is 0 Å². The maximum Gasteiger partial charge on any atom is 0.206 e. The third-order valence-electron chi connectivity index (χ3n) is 9.81. The first-order valence-electron chi connectivity index (χ1n) is 12.2. The fourth-order valence-corrected chi connectivity index (χ4v) is 8.21. The van der Waals surface area contributed by atoms with Gasteiger partial charge < -0.3 is 29.1 Å². The smallest absolute Gasteiger partial charge is 0.206 e. The van der Waals surface area contributed by atoms with Gasteiger partial charge in [0.25, 0.3) is 0 Å². The molecule has 3 fully saturated rings. The molecule has 4 heteroatoms. The molecule has 0 radical (unpaired) electrons. The molecule has 5 rings (SSSR count). The number of allylic oxidation sites excluding steroid dienone is 1. The molecule has 4 aliphatic carbocycles. The Hall–Kier alpha value is -0.750. The maximum absolute atomic E-state index is 13.4. The Morgan fingerprint density at radius 2 is 1.97 bits per heavy atom. The van der Waals surface area contributed by atoms with Gasteiger partial charge in [0.2, 0.25) is 12.3 Å². The minimum atomic E-state index is -0.137. The van der Waals surface area contributed by atoms with E-state index in [0.717, 1.165) is 43.9 Å². The monoisotopic (exact) mass is 535 g/mol. The lowest BCUT2D eigenvalue weighted by Crippen LogP contribution is -3.00. The van der Waals surface area contributed by atoms with Gasteiger partial charge in [0.05, 0.1) is 6.10 Å². The molecule has 4 aliphatic rings. The minimum Gasteiger partial charge on any atom is -1.00 e. The number of nitrogens with zero attached hydrogens (tertiary/aromatic N) is 1. The van der Waals surface area contributed by atoms with Crippen molar-refractivity contribution in [3.63, 3.8) is 0 Å². The summed E-state index contributed by atoms with van der Waals surface area (Å²) >= 11 is 0. The van der Waals surface area contributed by atoms with Gasteiger partial charge in [-0.15, -0.1) is 0 Å². The van der Waals surface area contributed by atoms with Crippen molar-refractivity contribution in [2.75, 3.05) is 0 Å². The standard InChI is InChI=1S/C27H38NO2.HI/c1-18-5-4-14-28(16-18)17-25(30)24-9-8-22-21-7-6-19-15-20(29)10-12-26(19,2)23(21)11-13-27(22,24)3;/h4-6,14,16,20-24,29H,7-13,15,17H2,1-3H3;1H/q+1;/p-1/t20-,21-,22-,23-,24+,26-,27-;/m0./s1. The summed E-state index contributed by atoms with van der Waals surface area (Å²) in [5, 5.41) is 10.2. The van der Waals surface area contributed by atoms with Crippen LogP contribution in [-0.2, 0) is 11.3 Å². The average molecular weight is 536 g/mol. The molecule has 1 aromatic rings. The average Bonchev–Trinajstić information content (AvgIpc) is 3.06. The van der Waals surface area contributed by atoms with Crippen molar-refractivity contribution in [2.45, 2.75) is 84.8 Å². The van der Waals surface area contributed by atoms with Gasteiger partial charge in [-0.1, -0.05) is 25.5 Å². The van der Waals surface area contributed by atoms with Gasteiger partial charge in [0.15, 0.2) is 12.4 Å². The van der Waals surface area contributed by atoms with Gasteiger partial charge in [-0.25, -0.2) is 0 Å². The molecule has 0 aliphatic heterocycles. The van der Waals surface area contributed by atoms with Crippen molar-refractivity contribution in [1.29, 1.82) is 0 Å². The second-order valence-electron chi connectivity index (χ2n) is 11.4. The van der Waals surface area contributed by atoms with E-state index < -0.39 is 0 Å². The van der Waals surface area contributed by atoms with Crippen molar-refractivity contribution >= 4 is 5.78 Å². The molecular weight excluding hydrogens is 497 g/mol. The van der Waals surface area contributed by atoms with Crippen LogP contribution in [0.2, 0.25) is 0 Å². The maximum atomic E-state index is 13.4. The number of fused-ring (bicyclic) bond motifs is 5. The first kappa shape index (κ1) is 23.4. The predicted molar refractivity (Wildman–Crippen MR) is 118 cm³/mol. The summed E-state index contributed by atoms with van der Waals surface area (Å²) in [5.41, 5.74) is 3.19. The summed E-state index contributed by atoms with van der Waals surface area (Å²) < 4.78 is 2.07. The lowest BCUT2D eigenvalue weighted by atomic mass is 9.47. The highest BCUT2D eigenvalue weighted by Crippen LogP contribution is 2.66. The van der Waals surface area contributed by atoms with E-state index >= 15 is 0 Å². The fourth-order valence-electron chi connectivity index (χ4n) is 8.21. The van der Waals surface area contributed by atoms with Crippen LogP contribution in [0.15, 0.2) is 36.2 Å². The summed E-state index contributed by atoms with van der Waals surface area (Å²) in [6, 6.07) is 4.13. The normalized spacial score (nSPS) is 41.3. The minimum absolute atomic E-state index is 0. The Morgan fingerprint density at radius 3 is 2.74 bits per heavy atom. The van der Waals surface area contributed by atoms with E-state index in [1.807, 2.05) is 12.3 Å². The Kier molecular flexibility index (Phi) is 6.46. The number of ketones is 1. The lowest BCUT2D eigenvalue weighted by molar-refractivity contribution is -0.685. The van der Waals surface area contributed by atoms with Crippen LogP contribution < -0.4 is 28.5 Å². The van der Waals surface area contributed by atoms with Gasteiger partial charge in [-0.05, 0) is 92.9 Å². The molecule has 3 nitrogen and oxygen atoms in total. The number of pyridine rings is 1. The zero-order chi connectivity index (χ0) is 21.1. The molecule has 7 atom stereocenters. The quantitative estimate of drug-likeness (QED) is 0.365. The van der Waals surface area contributed by atoms with Crippen LogP contribution in [-0.4, -0.2) is 17.0 Å². The molecule has 0 aromatic carbocycles. The van der Waals surface area contributed by atoms with E-state index in [9.17, 15) is 9.90 Å². The molecule has 0 bridgehead atoms. The number of aryl methyl sites for hydroxylation is 1. The van der Waals surface area contributed by atoms with Gasteiger partial charge in [0.1, 0.15) is 0 Å². The van der Waals surface area contributed by atoms with E-state index in [1.165, 1.54) is 30.4 Å². The van der Waals surface area contributed by atoms with E-state index in [-0.39, 0.29) is 46.8 Å². The first-order chi connectivity index (χ1) is 14.3. The van der Waals surface area contributed by atoms with Crippen LogP contribution in [0, 0.1) is 41.4 Å². The molecule has 0 unspecified atom stereocenters. The van der Waals surface area contributed by atoms with Crippen molar-refractivity contribution < 1.29 is 38.4 Å². The number of rotatable bonds is 3. The number of aliphatic hydroxyl groups excluding tert-OH is 1. The van der Waals surface area contributed by atoms with E-state index in [1.54, 1.807) is 0 Å². The number of hydrogen-bond donors (Lipinski definition) is 1. The van der Waals surface area contributed by atoms with Crippen molar-refractivity contribution in [1.82, 2.24) is 0 Å². The molecular formula is C27H38INO2. The predicted octanol–water partition coefficient (Wildman–Crippen LogP) is 1.80. The second-order valence-corrected chi connectivity index (χ2v) is 11.4. The molecule has 0 saturated heterocycles. The van der Waals surface area contributed by atoms with Crippen LogP contribution in [0.5, 0.6) is 0 Å². The molecule has 1 heterocycles. The third kappa shape index (κ3) is 3.84. The summed E-state index contributed by atoms with van der Waals surface area (Å²) in [5.74, 6) is 2.78. The van der Waals surface area contributed by atoms with E-state index in [2.05, 4.69) is 43.7 Å². The Balaban J connectivity index is 0.00000231.